The number of amides is 1. The van der Waals surface area contributed by atoms with Gasteiger partial charge in [-0.2, -0.15) is 0 Å². The summed E-state index contributed by atoms with van der Waals surface area (Å²) in [4.78, 5) is 31.0. The molecule has 0 N–H and O–H groups in total. The normalized spacial score (nSPS) is 30.6. The van der Waals surface area contributed by atoms with Gasteiger partial charge >= 0.3 is 12.1 Å². The average Bonchev–Trinajstić information content (AvgIpc) is 3.94. The van der Waals surface area contributed by atoms with Gasteiger partial charge in [-0.15, -0.1) is 0 Å². The van der Waals surface area contributed by atoms with Crippen molar-refractivity contribution in [2.24, 2.45) is 17.8 Å². The second-order valence-corrected chi connectivity index (χ2v) is 16.9. The van der Waals surface area contributed by atoms with Gasteiger partial charge < -0.3 is 52.4 Å². The molecule has 13 heteroatoms. The number of piperazine rings is 1. The summed E-state index contributed by atoms with van der Waals surface area (Å²) in [7, 11) is 2.06. The van der Waals surface area contributed by atoms with E-state index in [4.69, 9.17) is 42.6 Å². The molecule has 0 radical (unpaired) electrons. The molecule has 3 aliphatic rings. The molecule has 13 atom stereocenters. The van der Waals surface area contributed by atoms with Gasteiger partial charge in [0.25, 0.3) is 0 Å². The molecule has 0 aromatic rings. The minimum absolute atomic E-state index is 0.00399. The predicted molar refractivity (Wildman–Crippen MR) is 229 cm³/mol. The van der Waals surface area contributed by atoms with Gasteiger partial charge in [0.15, 0.2) is 18.9 Å². The summed E-state index contributed by atoms with van der Waals surface area (Å²) in [5.74, 6) is -0.431. The Morgan fingerprint density at radius 2 is 1.58 bits per heavy atom. The predicted octanol–water partition coefficient (Wildman–Crippen LogP) is 8.06. The molecule has 0 aliphatic carbocycles. The highest BCUT2D eigenvalue weighted by Crippen LogP contribution is 2.40. The summed E-state index contributed by atoms with van der Waals surface area (Å²) in [6.07, 6.45) is 9.76. The third-order valence-corrected chi connectivity index (χ3v) is 11.6. The highest BCUT2D eigenvalue weighted by molar-refractivity contribution is 5.70. The third-order valence-electron chi connectivity index (χ3n) is 11.6. The maximum atomic E-state index is 13.6. The van der Waals surface area contributed by atoms with Crippen molar-refractivity contribution < 1.29 is 52.2 Å². The van der Waals surface area contributed by atoms with Crippen molar-refractivity contribution in [1.29, 1.82) is 0 Å². The molecular formula is C46H80N2O11. The summed E-state index contributed by atoms with van der Waals surface area (Å²) < 4.78 is 54.8. The van der Waals surface area contributed by atoms with E-state index in [2.05, 4.69) is 32.7 Å². The van der Waals surface area contributed by atoms with E-state index in [9.17, 15) is 9.59 Å². The van der Waals surface area contributed by atoms with Crippen molar-refractivity contribution >= 4 is 12.1 Å². The van der Waals surface area contributed by atoms with Crippen molar-refractivity contribution in [2.75, 3.05) is 53.0 Å². The van der Waals surface area contributed by atoms with Gasteiger partial charge in [0.05, 0.1) is 36.4 Å². The van der Waals surface area contributed by atoms with Crippen molar-refractivity contribution in [1.82, 2.24) is 9.80 Å². The number of allylic oxidation sites excluding steroid dienone is 2. The fourth-order valence-electron chi connectivity index (χ4n) is 8.09. The molecule has 0 aromatic heterocycles. The van der Waals surface area contributed by atoms with Crippen LogP contribution in [0.15, 0.2) is 36.0 Å². The molecule has 3 rings (SSSR count). The maximum absolute atomic E-state index is 13.6. The molecule has 0 aromatic carbocycles. The molecule has 3 heterocycles. The first-order chi connectivity index (χ1) is 28.0. The topological polar surface area (TPSA) is 127 Å². The largest absolute Gasteiger partial charge is 0.457 e. The lowest BCUT2D eigenvalue weighted by molar-refractivity contribution is -0.181. The molecule has 0 spiro atoms. The molecule has 13 nitrogen and oxygen atoms in total. The first-order valence-corrected chi connectivity index (χ1v) is 22.4. The van der Waals surface area contributed by atoms with Crippen LogP contribution in [-0.4, -0.2) is 136 Å². The zero-order valence-corrected chi connectivity index (χ0v) is 38.7. The highest BCUT2D eigenvalue weighted by Gasteiger charge is 2.49. The lowest BCUT2D eigenvalue weighted by Gasteiger charge is -2.34. The van der Waals surface area contributed by atoms with E-state index in [1.54, 1.807) is 4.90 Å². The van der Waals surface area contributed by atoms with E-state index in [1.165, 1.54) is 0 Å². The van der Waals surface area contributed by atoms with Crippen LogP contribution in [0.2, 0.25) is 0 Å². The van der Waals surface area contributed by atoms with E-state index >= 15 is 0 Å². The first-order valence-electron chi connectivity index (χ1n) is 22.4. The number of nitrogens with zero attached hydrogens (tertiary/aromatic N) is 2. The van der Waals surface area contributed by atoms with E-state index in [1.807, 2.05) is 92.7 Å². The van der Waals surface area contributed by atoms with E-state index in [0.717, 1.165) is 25.1 Å². The van der Waals surface area contributed by atoms with E-state index in [-0.39, 0.29) is 60.8 Å². The molecule has 1 amide bonds. The van der Waals surface area contributed by atoms with Gasteiger partial charge in [-0.3, -0.25) is 4.79 Å². The SMILES string of the molecule is CCOC(C)OC1CCC(C)C(OC(=O)N2CCN(C)CC2)/C=C/C(C)C(/C(C)=C/C=C/C(C)(CC2OC2C(C)C(CC)OC(C)OCC)OC(C)OCC)OC(=O)C1. The highest BCUT2D eigenvalue weighted by atomic mass is 16.7. The Kier molecular flexibility index (Phi) is 22.1. The Hall–Kier alpha value is -2.36. The molecule has 13 unspecified atom stereocenters. The number of ether oxygens (including phenoxy) is 9. The molecule has 3 aliphatic heterocycles. The van der Waals surface area contributed by atoms with Crippen LogP contribution in [-0.2, 0) is 47.4 Å². The minimum atomic E-state index is -0.723. The summed E-state index contributed by atoms with van der Waals surface area (Å²) in [5, 5.41) is 0. The van der Waals surface area contributed by atoms with E-state index < -0.39 is 36.5 Å². The Bertz CT molecular complexity index is 1340. The molecule has 2 saturated heterocycles. The number of carbonyl (C=O) groups excluding carboxylic acids is 2. The maximum Gasteiger partial charge on any atom is 0.410 e. The molecule has 59 heavy (non-hydrogen) atoms. The quantitative estimate of drug-likeness (QED) is 0.0365. The second kappa shape index (κ2) is 25.5. The number of carbonyl (C=O) groups is 2. The molecule has 2 fully saturated rings. The fourth-order valence-corrected chi connectivity index (χ4v) is 8.09. The minimum Gasteiger partial charge on any atom is -0.457 e. The van der Waals surface area contributed by atoms with Crippen LogP contribution in [0.25, 0.3) is 0 Å². The standard InChI is InChI=1S/C46H80N2O11/c1-14-39(55-36(10)52-16-3)34(8)44-41(56-44)30-46(12,59-37(11)53-17-4)24-18-19-32(6)43-33(7)21-23-40(57-45(50)48-27-25-47(13)26-28-48)31(5)20-22-38(29-42(49)58-43)54-35(9)51-15-2/h18-19,21,23-24,31,33-41,43-44H,14-17,20,22,25-30H2,1-13H3/b23-21+,24-18+,32-19+. The number of hydrogen-bond acceptors (Lipinski definition) is 12. The van der Waals surface area contributed by atoms with Crippen LogP contribution in [0.3, 0.4) is 0 Å². The van der Waals surface area contributed by atoms with Crippen LogP contribution in [0.1, 0.15) is 115 Å². The van der Waals surface area contributed by atoms with Crippen molar-refractivity contribution in [3.05, 3.63) is 36.0 Å². The number of rotatable bonds is 21. The Labute approximate surface area is 356 Å². The van der Waals surface area contributed by atoms with Crippen LogP contribution in [0, 0.1) is 17.8 Å². The van der Waals surface area contributed by atoms with Crippen molar-refractivity contribution in [2.45, 2.75) is 176 Å². The van der Waals surface area contributed by atoms with Gasteiger partial charge in [0.2, 0.25) is 0 Å². The Morgan fingerprint density at radius 3 is 2.22 bits per heavy atom. The molecule has 0 bridgehead atoms. The van der Waals surface area contributed by atoms with Gasteiger partial charge in [-0.1, -0.05) is 52.0 Å². The van der Waals surface area contributed by atoms with Gasteiger partial charge in [-0.05, 0) is 99.3 Å². The fraction of sp³-hybridized carbons (Fsp3) is 0.826. The Morgan fingerprint density at radius 1 is 0.932 bits per heavy atom. The summed E-state index contributed by atoms with van der Waals surface area (Å²) in [6, 6.07) is 0. The molecule has 0 saturated carbocycles. The molecule has 340 valence electrons. The second-order valence-electron chi connectivity index (χ2n) is 16.9. The smallest absolute Gasteiger partial charge is 0.410 e. The van der Waals surface area contributed by atoms with Crippen LogP contribution < -0.4 is 0 Å². The monoisotopic (exact) mass is 837 g/mol. The number of epoxide rings is 1. The van der Waals surface area contributed by atoms with Crippen LogP contribution in [0.4, 0.5) is 4.79 Å². The van der Waals surface area contributed by atoms with Crippen molar-refractivity contribution in [3.8, 4) is 0 Å². The summed E-state index contributed by atoms with van der Waals surface area (Å²) >= 11 is 0. The Balaban J connectivity index is 1.86. The lowest BCUT2D eigenvalue weighted by atomic mass is 9.90. The number of hydrogen-bond donors (Lipinski definition) is 0. The first kappa shape index (κ1) is 51.0. The number of cyclic esters (lactones) is 1. The third kappa shape index (κ3) is 17.5. The zero-order valence-electron chi connectivity index (χ0n) is 38.7. The number of likely N-dealkylation sites (N-methyl/N-ethyl adjacent to an activating group) is 1. The van der Waals surface area contributed by atoms with Gasteiger partial charge in [-0.25, -0.2) is 4.79 Å². The van der Waals surface area contributed by atoms with Crippen LogP contribution >= 0.6 is 0 Å². The summed E-state index contributed by atoms with van der Waals surface area (Å²) in [6.45, 7) is 28.4. The lowest BCUT2D eigenvalue weighted by Crippen LogP contribution is -2.48. The number of esters is 1. The zero-order chi connectivity index (χ0) is 43.7. The van der Waals surface area contributed by atoms with Gasteiger partial charge in [0, 0.05) is 64.3 Å². The van der Waals surface area contributed by atoms with Crippen LogP contribution in [0.5, 0.6) is 0 Å². The summed E-state index contributed by atoms with van der Waals surface area (Å²) in [5.41, 5.74) is 0.128. The van der Waals surface area contributed by atoms with Gasteiger partial charge in [0.1, 0.15) is 12.2 Å². The van der Waals surface area contributed by atoms with Crippen molar-refractivity contribution in [3.63, 3.8) is 0 Å². The average molecular weight is 837 g/mol. The van der Waals surface area contributed by atoms with E-state index in [0.29, 0.717) is 52.2 Å². The molecular weight excluding hydrogens is 757 g/mol.